The van der Waals surface area contributed by atoms with Crippen molar-refractivity contribution in [3.8, 4) is 6.07 Å². The molecule has 5 heteroatoms. The summed E-state index contributed by atoms with van der Waals surface area (Å²) in [7, 11) is 0. The Morgan fingerprint density at radius 2 is 1.83 bits per heavy atom. The van der Waals surface area contributed by atoms with Crippen LogP contribution in [-0.4, -0.2) is 23.5 Å². The largest absolute Gasteiger partial charge is 0.449 e. The van der Waals surface area contributed by atoms with Gasteiger partial charge in [-0.3, -0.25) is 4.79 Å². The predicted octanol–water partition coefficient (Wildman–Crippen LogP) is 2.88. The molecule has 0 bridgehead atoms. The van der Waals surface area contributed by atoms with Crippen LogP contribution in [0, 0.1) is 18.3 Å². The Balaban J connectivity index is 1.95. The van der Waals surface area contributed by atoms with Gasteiger partial charge in [0.2, 0.25) is 0 Å². The lowest BCUT2D eigenvalue weighted by molar-refractivity contribution is -0.130. The standard InChI is InChI=1S/C18H22N2O3/c1-13-6-8-15(9-7-13)17(22)23-14(2)16(21)20-18(12-19)10-4-3-5-11-18/h6-9,14H,3-5,10-11H2,1-2H3,(H,20,21). The third kappa shape index (κ3) is 4.32. The monoisotopic (exact) mass is 314 g/mol. The van der Waals surface area contributed by atoms with E-state index in [9.17, 15) is 14.9 Å². The number of amides is 1. The van der Waals surface area contributed by atoms with E-state index in [0.717, 1.165) is 24.8 Å². The number of ether oxygens (including phenoxy) is 1. The molecule has 1 aromatic carbocycles. The molecule has 0 aliphatic heterocycles. The van der Waals surface area contributed by atoms with Crippen LogP contribution in [-0.2, 0) is 9.53 Å². The third-order valence-corrected chi connectivity index (χ3v) is 4.22. The first-order valence-corrected chi connectivity index (χ1v) is 7.97. The lowest BCUT2D eigenvalue weighted by Crippen LogP contribution is -2.52. The molecule has 1 atom stereocenters. The van der Waals surface area contributed by atoms with Gasteiger partial charge in [-0.25, -0.2) is 4.79 Å². The number of hydrogen-bond acceptors (Lipinski definition) is 4. The Morgan fingerprint density at radius 1 is 1.22 bits per heavy atom. The van der Waals surface area contributed by atoms with Crippen LogP contribution in [0.1, 0.15) is 54.9 Å². The Kier molecular flexibility index (Phi) is 5.38. The number of benzene rings is 1. The number of carbonyl (C=O) groups is 2. The summed E-state index contributed by atoms with van der Waals surface area (Å²) in [5.41, 5.74) is 0.628. The second-order valence-corrected chi connectivity index (χ2v) is 6.16. The highest BCUT2D eigenvalue weighted by Crippen LogP contribution is 2.27. The summed E-state index contributed by atoms with van der Waals surface area (Å²) < 4.78 is 5.21. The molecule has 0 saturated heterocycles. The molecule has 1 saturated carbocycles. The number of carbonyl (C=O) groups excluding carboxylic acids is 2. The van der Waals surface area contributed by atoms with E-state index in [1.807, 2.05) is 19.1 Å². The summed E-state index contributed by atoms with van der Waals surface area (Å²) in [5.74, 6) is -0.962. The number of nitrogens with zero attached hydrogens (tertiary/aromatic N) is 1. The second-order valence-electron chi connectivity index (χ2n) is 6.16. The maximum Gasteiger partial charge on any atom is 0.338 e. The van der Waals surface area contributed by atoms with E-state index in [-0.39, 0.29) is 0 Å². The van der Waals surface area contributed by atoms with E-state index in [0.29, 0.717) is 18.4 Å². The van der Waals surface area contributed by atoms with Crippen molar-refractivity contribution in [3.05, 3.63) is 35.4 Å². The highest BCUT2D eigenvalue weighted by Gasteiger charge is 2.35. The van der Waals surface area contributed by atoms with Crippen LogP contribution in [0.5, 0.6) is 0 Å². The Labute approximate surface area is 136 Å². The first-order chi connectivity index (χ1) is 11.0. The molecule has 122 valence electrons. The molecule has 5 nitrogen and oxygen atoms in total. The summed E-state index contributed by atoms with van der Waals surface area (Å²) in [4.78, 5) is 24.3. The molecule has 1 N–H and O–H groups in total. The zero-order valence-corrected chi connectivity index (χ0v) is 13.6. The molecule has 0 heterocycles. The van der Waals surface area contributed by atoms with Crippen LogP contribution in [0.2, 0.25) is 0 Å². The maximum absolute atomic E-state index is 12.3. The molecule has 23 heavy (non-hydrogen) atoms. The van der Waals surface area contributed by atoms with Crippen LogP contribution in [0.4, 0.5) is 0 Å². The maximum atomic E-state index is 12.3. The summed E-state index contributed by atoms with van der Waals surface area (Å²) in [5, 5.41) is 12.2. The first kappa shape index (κ1) is 17.0. The average Bonchev–Trinajstić information content (AvgIpc) is 2.56. The fourth-order valence-electron chi connectivity index (χ4n) is 2.73. The molecule has 2 rings (SSSR count). The number of hydrogen-bond donors (Lipinski definition) is 1. The van der Waals surface area contributed by atoms with Gasteiger partial charge in [0.25, 0.3) is 5.91 Å². The van der Waals surface area contributed by atoms with E-state index >= 15 is 0 Å². The average molecular weight is 314 g/mol. The van der Waals surface area contributed by atoms with Gasteiger partial charge in [0.1, 0.15) is 5.54 Å². The Bertz CT molecular complexity index is 610. The highest BCUT2D eigenvalue weighted by molar-refractivity contribution is 5.92. The van der Waals surface area contributed by atoms with Gasteiger partial charge >= 0.3 is 5.97 Å². The number of nitrogens with one attached hydrogen (secondary N) is 1. The van der Waals surface area contributed by atoms with Crippen molar-refractivity contribution in [1.29, 1.82) is 5.26 Å². The molecular formula is C18H22N2O3. The van der Waals surface area contributed by atoms with Crippen LogP contribution in [0.3, 0.4) is 0 Å². The molecule has 1 aliphatic carbocycles. The van der Waals surface area contributed by atoms with Crippen molar-refractivity contribution in [3.63, 3.8) is 0 Å². The molecule has 0 spiro atoms. The summed E-state index contributed by atoms with van der Waals surface area (Å²) >= 11 is 0. The van der Waals surface area contributed by atoms with Gasteiger partial charge in [-0.2, -0.15) is 5.26 Å². The van der Waals surface area contributed by atoms with Crippen molar-refractivity contribution < 1.29 is 14.3 Å². The second kappa shape index (κ2) is 7.28. The minimum absolute atomic E-state index is 0.405. The fourth-order valence-corrected chi connectivity index (χ4v) is 2.73. The van der Waals surface area contributed by atoms with Crippen LogP contribution in [0.25, 0.3) is 0 Å². The van der Waals surface area contributed by atoms with Gasteiger partial charge in [0.15, 0.2) is 6.10 Å². The zero-order valence-electron chi connectivity index (χ0n) is 13.6. The van der Waals surface area contributed by atoms with E-state index in [1.165, 1.54) is 6.92 Å². The summed E-state index contributed by atoms with van der Waals surface area (Å²) in [6, 6.07) is 9.18. The van der Waals surface area contributed by atoms with Gasteiger partial charge < -0.3 is 10.1 Å². The molecule has 1 aliphatic rings. The van der Waals surface area contributed by atoms with Gasteiger partial charge in [-0.15, -0.1) is 0 Å². The zero-order chi connectivity index (χ0) is 16.9. The van der Waals surface area contributed by atoms with Crippen LogP contribution < -0.4 is 5.32 Å². The molecule has 0 radical (unpaired) electrons. The molecule has 1 amide bonds. The van der Waals surface area contributed by atoms with E-state index in [2.05, 4.69) is 11.4 Å². The molecule has 1 unspecified atom stereocenters. The van der Waals surface area contributed by atoms with Crippen molar-refractivity contribution in [2.45, 2.75) is 57.6 Å². The van der Waals surface area contributed by atoms with Crippen molar-refractivity contribution in [1.82, 2.24) is 5.32 Å². The van der Waals surface area contributed by atoms with Gasteiger partial charge in [-0.1, -0.05) is 37.0 Å². The lowest BCUT2D eigenvalue weighted by Gasteiger charge is -2.32. The minimum atomic E-state index is -0.934. The number of esters is 1. The van der Waals surface area contributed by atoms with E-state index in [1.54, 1.807) is 12.1 Å². The Morgan fingerprint density at radius 3 is 2.39 bits per heavy atom. The summed E-state index contributed by atoms with van der Waals surface area (Å²) in [6.45, 7) is 3.45. The van der Waals surface area contributed by atoms with Crippen LogP contribution >= 0.6 is 0 Å². The van der Waals surface area contributed by atoms with Crippen molar-refractivity contribution >= 4 is 11.9 Å². The van der Waals surface area contributed by atoms with E-state index < -0.39 is 23.5 Å². The molecular weight excluding hydrogens is 292 g/mol. The van der Waals surface area contributed by atoms with Crippen molar-refractivity contribution in [2.24, 2.45) is 0 Å². The van der Waals surface area contributed by atoms with Crippen molar-refractivity contribution in [2.75, 3.05) is 0 Å². The molecule has 1 aromatic rings. The third-order valence-electron chi connectivity index (χ3n) is 4.22. The molecule has 1 fully saturated rings. The van der Waals surface area contributed by atoms with Crippen LogP contribution in [0.15, 0.2) is 24.3 Å². The quantitative estimate of drug-likeness (QED) is 0.867. The number of rotatable bonds is 4. The Hall–Kier alpha value is -2.35. The minimum Gasteiger partial charge on any atom is -0.449 e. The topological polar surface area (TPSA) is 79.2 Å². The van der Waals surface area contributed by atoms with Gasteiger partial charge in [0.05, 0.1) is 11.6 Å². The predicted molar refractivity (Wildman–Crippen MR) is 85.6 cm³/mol. The fraction of sp³-hybridized carbons (Fsp3) is 0.500. The first-order valence-electron chi connectivity index (χ1n) is 7.97. The number of nitriles is 1. The summed E-state index contributed by atoms with van der Waals surface area (Å²) in [6.07, 6.45) is 3.28. The van der Waals surface area contributed by atoms with Gasteiger partial charge in [0, 0.05) is 0 Å². The normalized spacial score (nSPS) is 17.6. The van der Waals surface area contributed by atoms with E-state index in [4.69, 9.17) is 4.74 Å². The smallest absolute Gasteiger partial charge is 0.338 e. The highest BCUT2D eigenvalue weighted by atomic mass is 16.5. The SMILES string of the molecule is Cc1ccc(C(=O)OC(C)C(=O)NC2(C#N)CCCCC2)cc1. The van der Waals surface area contributed by atoms with Gasteiger partial charge in [-0.05, 0) is 38.8 Å². The molecule has 0 aromatic heterocycles. The number of aryl methyl sites for hydroxylation is 1. The lowest BCUT2D eigenvalue weighted by atomic mass is 9.83.